The third-order valence-electron chi connectivity index (χ3n) is 5.68. The number of carboxylic acids is 1. The molecule has 3 heterocycles. The number of anilines is 2. The Morgan fingerprint density at radius 3 is 2.35 bits per heavy atom. The number of nitrogens with zero attached hydrogens (tertiary/aromatic N) is 5. The number of carbonyl (C=O) groups excluding carboxylic acids is 1. The number of nitrogens with one attached hydrogen (secondary N) is 1. The summed E-state index contributed by atoms with van der Waals surface area (Å²) in [5.74, 6) is -0.431. The lowest BCUT2D eigenvalue weighted by atomic mass is 10.2. The zero-order valence-electron chi connectivity index (χ0n) is 18.9. The molecule has 0 bridgehead atoms. The van der Waals surface area contributed by atoms with Crippen LogP contribution in [0.25, 0.3) is 16.7 Å². The molecule has 5 rings (SSSR count). The van der Waals surface area contributed by atoms with Gasteiger partial charge in [-0.1, -0.05) is 23.2 Å². The minimum absolute atomic E-state index is 0.103. The molecule has 1 aliphatic heterocycles. The maximum absolute atomic E-state index is 13.4. The quantitative estimate of drug-likeness (QED) is 0.352. The third-order valence-corrected chi connectivity index (χ3v) is 7.87. The average Bonchev–Trinajstić information content (AvgIpc) is 3.47. The van der Waals surface area contributed by atoms with Crippen LogP contribution in [0, 0.1) is 0 Å². The second-order valence-electron chi connectivity index (χ2n) is 8.07. The zero-order chi connectivity index (χ0) is 26.3. The number of aliphatic carboxylic acids is 1. The molecule has 11 nitrogen and oxygen atoms in total. The van der Waals surface area contributed by atoms with Crippen LogP contribution in [-0.4, -0.2) is 59.9 Å². The van der Waals surface area contributed by atoms with E-state index < -0.39 is 22.5 Å². The van der Waals surface area contributed by atoms with Crippen LogP contribution in [0.4, 0.5) is 16.3 Å². The molecule has 0 spiro atoms. The fourth-order valence-corrected chi connectivity index (χ4v) is 6.14. The van der Waals surface area contributed by atoms with Crippen molar-refractivity contribution in [3.05, 3.63) is 70.8 Å². The van der Waals surface area contributed by atoms with Crippen molar-refractivity contribution in [1.82, 2.24) is 20.1 Å². The normalized spacial score (nSPS) is 13.7. The van der Waals surface area contributed by atoms with E-state index in [2.05, 4.69) is 15.5 Å². The molecule has 0 radical (unpaired) electrons. The second kappa shape index (κ2) is 9.54. The van der Waals surface area contributed by atoms with E-state index >= 15 is 0 Å². The molecule has 190 valence electrons. The lowest BCUT2D eigenvalue weighted by Crippen LogP contribution is -2.35. The highest BCUT2D eigenvalue weighted by Crippen LogP contribution is 2.31. The van der Waals surface area contributed by atoms with Gasteiger partial charge in [-0.05, 0) is 54.6 Å². The first-order valence-electron chi connectivity index (χ1n) is 10.8. The molecule has 0 aliphatic carbocycles. The van der Waals surface area contributed by atoms with Crippen LogP contribution in [-0.2, 0) is 14.8 Å². The molecule has 0 unspecified atom stereocenters. The standard InChI is InChI=1S/C23H18Cl2N6O5S/c24-15-10-16(25)12-18(11-15)37(35,36)31(13-22(32)33)17-1-2-19-14(9-17)5-7-29(19)20-3-4-21(28-27-20)30-8-6-26-23(30)34/h1-5,7,9-12H,6,8,13H2,(H,26,34)(H,32,33). The summed E-state index contributed by atoms with van der Waals surface area (Å²) in [6.45, 7) is 0.223. The van der Waals surface area contributed by atoms with Crippen LogP contribution in [0.15, 0.2) is 65.7 Å². The maximum Gasteiger partial charge on any atom is 0.324 e. The van der Waals surface area contributed by atoms with Crippen LogP contribution >= 0.6 is 23.2 Å². The molecule has 1 fully saturated rings. The predicted octanol–water partition coefficient (Wildman–Crippen LogP) is 3.54. The molecule has 14 heteroatoms. The molecule has 0 atom stereocenters. The number of amides is 2. The van der Waals surface area contributed by atoms with E-state index in [9.17, 15) is 23.1 Å². The highest BCUT2D eigenvalue weighted by atomic mass is 35.5. The van der Waals surface area contributed by atoms with Crippen molar-refractivity contribution in [2.45, 2.75) is 4.90 Å². The summed E-state index contributed by atoms with van der Waals surface area (Å²) in [6.07, 6.45) is 1.73. The Kier molecular flexibility index (Phi) is 6.40. The average molecular weight is 561 g/mol. The number of hydrogen-bond acceptors (Lipinski definition) is 6. The van der Waals surface area contributed by atoms with Crippen LogP contribution in [0.3, 0.4) is 0 Å². The van der Waals surface area contributed by atoms with E-state index in [-0.39, 0.29) is 26.7 Å². The Morgan fingerprint density at radius 2 is 1.73 bits per heavy atom. The van der Waals surface area contributed by atoms with E-state index in [0.717, 1.165) is 4.31 Å². The van der Waals surface area contributed by atoms with E-state index in [1.807, 2.05) is 0 Å². The number of carboxylic acid groups (broad SMARTS) is 1. The van der Waals surface area contributed by atoms with Crippen molar-refractivity contribution in [2.75, 3.05) is 28.8 Å². The Hall–Kier alpha value is -3.87. The van der Waals surface area contributed by atoms with Crippen molar-refractivity contribution < 1.29 is 23.1 Å². The van der Waals surface area contributed by atoms with Gasteiger partial charge in [0.25, 0.3) is 10.0 Å². The van der Waals surface area contributed by atoms with Gasteiger partial charge >= 0.3 is 12.0 Å². The highest BCUT2D eigenvalue weighted by molar-refractivity contribution is 7.92. The summed E-state index contributed by atoms with van der Waals surface area (Å²) in [7, 11) is -4.31. The first-order valence-corrected chi connectivity index (χ1v) is 13.0. The lowest BCUT2D eigenvalue weighted by molar-refractivity contribution is -0.135. The Morgan fingerprint density at radius 1 is 1.03 bits per heavy atom. The second-order valence-corrected chi connectivity index (χ2v) is 10.8. The van der Waals surface area contributed by atoms with Crippen molar-refractivity contribution in [3.8, 4) is 5.82 Å². The summed E-state index contributed by atoms with van der Waals surface area (Å²) >= 11 is 12.0. The molecule has 4 aromatic rings. The summed E-state index contributed by atoms with van der Waals surface area (Å²) in [4.78, 5) is 24.7. The van der Waals surface area contributed by atoms with Gasteiger partial charge in [0.1, 0.15) is 6.54 Å². The first-order chi connectivity index (χ1) is 17.6. The molecule has 2 aromatic carbocycles. The minimum atomic E-state index is -4.31. The highest BCUT2D eigenvalue weighted by Gasteiger charge is 2.28. The van der Waals surface area contributed by atoms with E-state index in [1.165, 1.54) is 29.2 Å². The monoisotopic (exact) mass is 560 g/mol. The van der Waals surface area contributed by atoms with Crippen molar-refractivity contribution in [2.24, 2.45) is 0 Å². The number of carbonyl (C=O) groups is 2. The molecule has 2 aromatic heterocycles. The van der Waals surface area contributed by atoms with Gasteiger partial charge in [-0.3, -0.25) is 18.6 Å². The third kappa shape index (κ3) is 4.78. The largest absolute Gasteiger partial charge is 0.480 e. The van der Waals surface area contributed by atoms with E-state index in [4.69, 9.17) is 23.2 Å². The predicted molar refractivity (Wildman–Crippen MR) is 138 cm³/mol. The smallest absolute Gasteiger partial charge is 0.324 e. The first kappa shape index (κ1) is 24.8. The number of benzene rings is 2. The topological polar surface area (TPSA) is 138 Å². The number of urea groups is 1. The van der Waals surface area contributed by atoms with Crippen LogP contribution in [0.2, 0.25) is 10.0 Å². The van der Waals surface area contributed by atoms with Crippen molar-refractivity contribution in [1.29, 1.82) is 0 Å². The van der Waals surface area contributed by atoms with Crippen LogP contribution in [0.5, 0.6) is 0 Å². The van der Waals surface area contributed by atoms with Crippen LogP contribution < -0.4 is 14.5 Å². The SMILES string of the molecule is O=C(O)CN(c1ccc2c(ccn2-c2ccc(N3CCNC3=O)nn2)c1)S(=O)(=O)c1cc(Cl)cc(Cl)c1. The molecule has 1 saturated heterocycles. The summed E-state index contributed by atoms with van der Waals surface area (Å²) in [6, 6.07) is 13.4. The number of fused-ring (bicyclic) bond motifs is 1. The Balaban J connectivity index is 1.51. The van der Waals surface area contributed by atoms with E-state index in [0.29, 0.717) is 35.6 Å². The zero-order valence-corrected chi connectivity index (χ0v) is 21.2. The summed E-state index contributed by atoms with van der Waals surface area (Å²) < 4.78 is 29.3. The molecule has 37 heavy (non-hydrogen) atoms. The molecule has 2 amide bonds. The molecular formula is C23H18Cl2N6O5S. The van der Waals surface area contributed by atoms with Gasteiger partial charge in [0.15, 0.2) is 11.6 Å². The van der Waals surface area contributed by atoms with Gasteiger partial charge in [-0.25, -0.2) is 13.2 Å². The Labute approximate surface area is 220 Å². The number of halogens is 2. The van der Waals surface area contributed by atoms with Gasteiger partial charge in [0, 0.05) is 34.7 Å². The number of aromatic nitrogens is 3. The fourth-order valence-electron chi connectivity index (χ4n) is 4.01. The lowest BCUT2D eigenvalue weighted by Gasteiger charge is -2.23. The van der Waals surface area contributed by atoms with Gasteiger partial charge in [0.2, 0.25) is 0 Å². The van der Waals surface area contributed by atoms with Crippen molar-refractivity contribution >= 4 is 67.6 Å². The number of hydrogen-bond donors (Lipinski definition) is 2. The molecule has 1 aliphatic rings. The number of sulfonamides is 1. The minimum Gasteiger partial charge on any atom is -0.480 e. The summed E-state index contributed by atoms with van der Waals surface area (Å²) in [5.41, 5.74) is 0.827. The molecule has 0 saturated carbocycles. The maximum atomic E-state index is 13.4. The number of rotatable bonds is 7. The van der Waals surface area contributed by atoms with Gasteiger partial charge in [0.05, 0.1) is 16.1 Å². The van der Waals surface area contributed by atoms with Gasteiger partial charge in [-0.2, -0.15) is 0 Å². The fraction of sp³-hybridized carbons (Fsp3) is 0.130. The van der Waals surface area contributed by atoms with E-state index in [1.54, 1.807) is 41.1 Å². The molecular weight excluding hydrogens is 543 g/mol. The Bertz CT molecular complexity index is 1620. The van der Waals surface area contributed by atoms with Gasteiger partial charge < -0.3 is 10.4 Å². The van der Waals surface area contributed by atoms with Crippen molar-refractivity contribution in [3.63, 3.8) is 0 Å². The van der Waals surface area contributed by atoms with Crippen LogP contribution in [0.1, 0.15) is 0 Å². The molecule has 2 N–H and O–H groups in total. The van der Waals surface area contributed by atoms with Gasteiger partial charge in [-0.15, -0.1) is 10.2 Å². The summed E-state index contributed by atoms with van der Waals surface area (Å²) in [5, 5.41) is 21.4.